The fraction of sp³-hybridized carbons (Fsp3) is 0.600. The zero-order chi connectivity index (χ0) is 21.3. The monoisotopic (exact) mass is 408 g/mol. The number of carbonyl (C=O) groups excluding carboxylic acids is 1. The molecule has 9 heteroatoms. The van der Waals surface area contributed by atoms with E-state index in [0.717, 1.165) is 45.6 Å². The minimum absolute atomic E-state index is 0.102. The summed E-state index contributed by atoms with van der Waals surface area (Å²) >= 11 is 0. The molecule has 0 aromatic heterocycles. The Labute approximate surface area is 171 Å². The fourth-order valence-corrected chi connectivity index (χ4v) is 3.42. The van der Waals surface area contributed by atoms with Crippen molar-refractivity contribution in [3.63, 3.8) is 0 Å². The highest BCUT2D eigenvalue weighted by Crippen LogP contribution is 2.45. The largest absolute Gasteiger partial charge is 0.508 e. The van der Waals surface area contributed by atoms with Gasteiger partial charge in [0.15, 0.2) is 0 Å². The van der Waals surface area contributed by atoms with Crippen molar-refractivity contribution in [2.75, 3.05) is 52.9 Å². The number of hydrogen-bond acceptors (Lipinski definition) is 6. The molecule has 0 bridgehead atoms. The van der Waals surface area contributed by atoms with E-state index in [-0.39, 0.29) is 30.2 Å². The molecule has 9 nitrogen and oxygen atoms in total. The number of carboxylic acid groups (broad SMARTS) is 1. The maximum absolute atomic E-state index is 12.1. The fourth-order valence-electron chi connectivity index (χ4n) is 3.42. The first-order valence-corrected chi connectivity index (χ1v) is 9.85. The number of aliphatic hydroxyl groups is 1. The molecule has 0 spiro atoms. The van der Waals surface area contributed by atoms with Crippen LogP contribution in [0, 0.1) is 5.41 Å². The lowest BCUT2D eigenvalue weighted by molar-refractivity contribution is -0.122. The number of amides is 2. The number of aromatic hydroxyl groups is 1. The summed E-state index contributed by atoms with van der Waals surface area (Å²) < 4.78 is 0. The summed E-state index contributed by atoms with van der Waals surface area (Å²) in [7, 11) is 2.15. The molecule has 1 aromatic carbocycles. The first-order valence-electron chi connectivity index (χ1n) is 9.85. The standard InChI is InChI=1S/C19H30N4O3.CH2O2/c1-22-7-9-23(10-8-22)14-19(5-6-19)13-21-18(26)20-12-17(25)15-3-2-4-16(24)11-15;2-1-3/h2-4,11,17,24-25H,5-10,12-14H2,1H3,(H2,20,21,26);1H,(H,2,3). The number of rotatable bonds is 7. The van der Waals surface area contributed by atoms with Gasteiger partial charge < -0.3 is 35.8 Å². The average Bonchev–Trinajstić information content (AvgIpc) is 3.47. The van der Waals surface area contributed by atoms with E-state index < -0.39 is 6.10 Å². The number of carbonyl (C=O) groups is 2. The normalized spacial score (nSPS) is 19.4. The summed E-state index contributed by atoms with van der Waals surface area (Å²) in [5, 5.41) is 32.1. The van der Waals surface area contributed by atoms with Crippen molar-refractivity contribution in [3.8, 4) is 5.75 Å². The highest BCUT2D eigenvalue weighted by molar-refractivity contribution is 5.74. The highest BCUT2D eigenvalue weighted by atomic mass is 16.3. The number of nitrogens with one attached hydrogen (secondary N) is 2. The Hall–Kier alpha value is -2.36. The lowest BCUT2D eigenvalue weighted by atomic mass is 10.1. The third kappa shape index (κ3) is 7.88. The van der Waals surface area contributed by atoms with Crippen LogP contribution in [0.3, 0.4) is 0 Å². The van der Waals surface area contributed by atoms with E-state index in [9.17, 15) is 15.0 Å². The molecule has 1 saturated heterocycles. The molecule has 1 heterocycles. The minimum atomic E-state index is -0.840. The van der Waals surface area contributed by atoms with E-state index in [1.807, 2.05) is 0 Å². The van der Waals surface area contributed by atoms with Gasteiger partial charge in [-0.25, -0.2) is 4.79 Å². The molecule has 1 aliphatic heterocycles. The van der Waals surface area contributed by atoms with Crippen molar-refractivity contribution in [2.24, 2.45) is 5.41 Å². The lowest BCUT2D eigenvalue weighted by Gasteiger charge is -2.34. The number of hydrogen-bond donors (Lipinski definition) is 5. The van der Waals surface area contributed by atoms with Gasteiger partial charge in [-0.3, -0.25) is 4.79 Å². The molecule has 2 aliphatic rings. The second-order valence-corrected chi connectivity index (χ2v) is 7.86. The summed E-state index contributed by atoms with van der Waals surface area (Å²) in [6.45, 7) is 6.00. The van der Waals surface area contributed by atoms with E-state index in [1.165, 1.54) is 6.07 Å². The molecular formula is C20H32N4O5. The summed E-state index contributed by atoms with van der Waals surface area (Å²) in [6, 6.07) is 6.18. The van der Waals surface area contributed by atoms with Crippen LogP contribution in [0.15, 0.2) is 24.3 Å². The number of aliphatic hydroxyl groups excluding tert-OH is 1. The quantitative estimate of drug-likeness (QED) is 0.415. The van der Waals surface area contributed by atoms with E-state index in [0.29, 0.717) is 12.1 Å². The van der Waals surface area contributed by atoms with Gasteiger partial charge in [0.1, 0.15) is 5.75 Å². The molecule has 1 saturated carbocycles. The first kappa shape index (κ1) is 22.9. The Balaban J connectivity index is 0.000000941. The van der Waals surface area contributed by atoms with Crippen LogP contribution in [0.1, 0.15) is 24.5 Å². The van der Waals surface area contributed by atoms with Crippen molar-refractivity contribution in [2.45, 2.75) is 18.9 Å². The van der Waals surface area contributed by atoms with Crippen molar-refractivity contribution in [1.29, 1.82) is 0 Å². The highest BCUT2D eigenvalue weighted by Gasteiger charge is 2.44. The van der Waals surface area contributed by atoms with E-state index in [2.05, 4.69) is 27.5 Å². The van der Waals surface area contributed by atoms with Crippen LogP contribution < -0.4 is 10.6 Å². The molecule has 162 valence electrons. The van der Waals surface area contributed by atoms with Crippen LogP contribution in [0.5, 0.6) is 5.75 Å². The van der Waals surface area contributed by atoms with Crippen LogP contribution in [-0.2, 0) is 4.79 Å². The van der Waals surface area contributed by atoms with E-state index >= 15 is 0 Å². The van der Waals surface area contributed by atoms with Crippen LogP contribution in [-0.4, -0.2) is 90.5 Å². The first-order chi connectivity index (χ1) is 13.9. The number of likely N-dealkylation sites (N-methyl/N-ethyl adjacent to an activating group) is 1. The van der Waals surface area contributed by atoms with Gasteiger partial charge >= 0.3 is 6.03 Å². The number of phenols is 1. The topological polar surface area (TPSA) is 125 Å². The van der Waals surface area contributed by atoms with Crippen LogP contribution in [0.2, 0.25) is 0 Å². The van der Waals surface area contributed by atoms with Crippen LogP contribution in [0.25, 0.3) is 0 Å². The zero-order valence-corrected chi connectivity index (χ0v) is 16.9. The second-order valence-electron chi connectivity index (χ2n) is 7.86. The van der Waals surface area contributed by atoms with Gasteiger partial charge in [-0.05, 0) is 37.6 Å². The number of piperazine rings is 1. The van der Waals surface area contributed by atoms with Gasteiger partial charge in [-0.1, -0.05) is 12.1 Å². The van der Waals surface area contributed by atoms with Gasteiger partial charge in [0.05, 0.1) is 6.10 Å². The molecule has 1 aromatic rings. The summed E-state index contributed by atoms with van der Waals surface area (Å²) in [5.41, 5.74) is 0.802. The molecule has 0 radical (unpaired) electrons. The van der Waals surface area contributed by atoms with Crippen LogP contribution >= 0.6 is 0 Å². The minimum Gasteiger partial charge on any atom is -0.508 e. The maximum atomic E-state index is 12.1. The van der Waals surface area contributed by atoms with E-state index in [1.54, 1.807) is 18.2 Å². The van der Waals surface area contributed by atoms with Crippen molar-refractivity contribution in [1.82, 2.24) is 20.4 Å². The Kier molecular flexibility index (Phi) is 8.69. The SMILES string of the molecule is CN1CCN(CC2(CNC(=O)NCC(O)c3cccc(O)c3)CC2)CC1.O=CO. The second kappa shape index (κ2) is 11.0. The molecule has 5 N–H and O–H groups in total. The van der Waals surface area contributed by atoms with Crippen molar-refractivity contribution < 1.29 is 24.9 Å². The molecular weight excluding hydrogens is 376 g/mol. The van der Waals surface area contributed by atoms with E-state index in [4.69, 9.17) is 9.90 Å². The van der Waals surface area contributed by atoms with Gasteiger partial charge in [0.25, 0.3) is 6.47 Å². The molecule has 1 aliphatic carbocycles. The van der Waals surface area contributed by atoms with Crippen molar-refractivity contribution >= 4 is 12.5 Å². The van der Waals surface area contributed by atoms with Gasteiger partial charge in [0.2, 0.25) is 0 Å². The molecule has 1 atom stereocenters. The van der Waals surface area contributed by atoms with Crippen LogP contribution in [0.4, 0.5) is 4.79 Å². The molecule has 2 fully saturated rings. The molecule has 1 unspecified atom stereocenters. The van der Waals surface area contributed by atoms with Crippen molar-refractivity contribution in [3.05, 3.63) is 29.8 Å². The summed E-state index contributed by atoms with van der Waals surface area (Å²) in [6.07, 6.45) is 1.48. The smallest absolute Gasteiger partial charge is 0.314 e. The predicted octanol–water partition coefficient (Wildman–Crippen LogP) is 0.453. The summed E-state index contributed by atoms with van der Waals surface area (Å²) in [5.74, 6) is 0.102. The number of nitrogens with zero attached hydrogens (tertiary/aromatic N) is 2. The third-order valence-corrected chi connectivity index (χ3v) is 5.45. The Morgan fingerprint density at radius 2 is 1.90 bits per heavy atom. The van der Waals surface area contributed by atoms with Gasteiger partial charge in [-0.15, -0.1) is 0 Å². The average molecular weight is 408 g/mol. The molecule has 3 rings (SSSR count). The number of phenolic OH excluding ortho intramolecular Hbond substituents is 1. The Bertz CT molecular complexity index is 660. The van der Waals surface area contributed by atoms with Gasteiger partial charge in [-0.2, -0.15) is 0 Å². The zero-order valence-electron chi connectivity index (χ0n) is 16.9. The van der Waals surface area contributed by atoms with Gasteiger partial charge in [0, 0.05) is 51.2 Å². The predicted molar refractivity (Wildman–Crippen MR) is 109 cm³/mol. The Morgan fingerprint density at radius 1 is 1.24 bits per heavy atom. The lowest BCUT2D eigenvalue weighted by Crippen LogP contribution is -2.48. The third-order valence-electron chi connectivity index (χ3n) is 5.45. The number of urea groups is 1. The molecule has 29 heavy (non-hydrogen) atoms. The number of benzene rings is 1. The Morgan fingerprint density at radius 3 is 2.48 bits per heavy atom. The maximum Gasteiger partial charge on any atom is 0.314 e. The molecule has 2 amide bonds. The summed E-state index contributed by atoms with van der Waals surface area (Å²) in [4.78, 5) is 25.3.